The normalized spacial score (nSPS) is 12.4. The number of benzene rings is 2. The lowest BCUT2D eigenvalue weighted by molar-refractivity contribution is -0.192. The molecule has 1 unspecified atom stereocenters. The highest BCUT2D eigenvalue weighted by Crippen LogP contribution is 2.26. The number of amides is 2. The highest BCUT2D eigenvalue weighted by molar-refractivity contribution is 5.95. The second-order valence-corrected chi connectivity index (χ2v) is 10.8. The lowest BCUT2D eigenvalue weighted by Gasteiger charge is -2.29. The van der Waals surface area contributed by atoms with Crippen molar-refractivity contribution >= 4 is 23.6 Å². The maximum Gasteiger partial charge on any atom is 0.490 e. The molecule has 0 fully saturated rings. The van der Waals surface area contributed by atoms with Crippen molar-refractivity contribution in [3.63, 3.8) is 0 Å². The Kier molecular flexibility index (Phi) is 12.0. The number of hydrogen-bond donors (Lipinski definition) is 3. The molecule has 10 nitrogen and oxygen atoms in total. The predicted molar refractivity (Wildman–Crippen MR) is 160 cm³/mol. The number of hydrogen-bond acceptors (Lipinski definition) is 6. The van der Waals surface area contributed by atoms with E-state index in [1.807, 2.05) is 37.3 Å². The minimum atomic E-state index is -5.08. The second kappa shape index (κ2) is 15.5. The van der Waals surface area contributed by atoms with Crippen LogP contribution in [0.1, 0.15) is 53.1 Å². The Morgan fingerprint density at radius 3 is 2.21 bits per heavy atom. The van der Waals surface area contributed by atoms with Crippen molar-refractivity contribution in [2.24, 2.45) is 0 Å². The van der Waals surface area contributed by atoms with Crippen molar-refractivity contribution in [3.05, 3.63) is 100 Å². The van der Waals surface area contributed by atoms with Crippen molar-refractivity contribution in [3.8, 4) is 5.75 Å². The number of nitrogens with zero attached hydrogens (tertiary/aromatic N) is 2. The van der Waals surface area contributed by atoms with Crippen LogP contribution in [0.3, 0.4) is 0 Å². The maximum absolute atomic E-state index is 14.1. The molecule has 2 amide bonds. The number of alkyl carbamates (subject to hydrolysis) is 1. The number of carbonyl (C=O) groups is 3. The van der Waals surface area contributed by atoms with Gasteiger partial charge in [0.1, 0.15) is 24.7 Å². The molecule has 0 aliphatic heterocycles. The number of fused-ring (bicyclic) bond motifs is 1. The number of carboxylic acid groups (broad SMARTS) is 1. The number of aryl methyl sites for hydroxylation is 2. The summed E-state index contributed by atoms with van der Waals surface area (Å²) in [6.45, 7) is 6.70. The van der Waals surface area contributed by atoms with Crippen LogP contribution in [-0.2, 0) is 22.7 Å². The lowest BCUT2D eigenvalue weighted by atomic mass is 9.99. The molecule has 48 heavy (non-hydrogen) atoms. The van der Waals surface area contributed by atoms with Gasteiger partial charge in [-0.1, -0.05) is 37.3 Å². The highest BCUT2D eigenvalue weighted by atomic mass is 19.4. The zero-order valence-corrected chi connectivity index (χ0v) is 26.2. The molecule has 0 bridgehead atoms. The van der Waals surface area contributed by atoms with Crippen LogP contribution in [0.2, 0.25) is 0 Å². The Labute approximate surface area is 270 Å². The molecule has 258 valence electrons. The second-order valence-electron chi connectivity index (χ2n) is 10.8. The Morgan fingerprint density at radius 2 is 1.60 bits per heavy atom. The third kappa shape index (κ3) is 9.62. The number of ether oxygens (including phenoxy) is 2. The molecule has 16 heteroatoms. The summed E-state index contributed by atoms with van der Waals surface area (Å²) in [6.07, 6.45) is -3.51. The first-order chi connectivity index (χ1) is 22.5. The summed E-state index contributed by atoms with van der Waals surface area (Å²) in [5.41, 5.74) is 1.02. The van der Waals surface area contributed by atoms with Gasteiger partial charge < -0.3 is 25.2 Å². The SMILES string of the molecule is CCC(C)(CNC(=O)c1c(C)nc2c(OCc3c(F)ccc(F)c3F)cc(C)cn12)NC(=O)OCc1ccccc1.O=C(O)C(F)(F)F. The number of halogens is 6. The summed E-state index contributed by atoms with van der Waals surface area (Å²) in [4.78, 5) is 39.1. The van der Waals surface area contributed by atoms with Crippen LogP contribution in [0.4, 0.5) is 31.1 Å². The van der Waals surface area contributed by atoms with E-state index in [1.165, 1.54) is 4.40 Å². The van der Waals surface area contributed by atoms with E-state index in [1.54, 1.807) is 33.0 Å². The van der Waals surface area contributed by atoms with E-state index in [-0.39, 0.29) is 30.2 Å². The van der Waals surface area contributed by atoms with Gasteiger partial charge in [0.25, 0.3) is 5.91 Å². The molecule has 0 saturated heterocycles. The number of pyridine rings is 1. The first-order valence-electron chi connectivity index (χ1n) is 14.3. The largest absolute Gasteiger partial charge is 0.490 e. The summed E-state index contributed by atoms with van der Waals surface area (Å²) in [5.74, 6) is -6.50. The van der Waals surface area contributed by atoms with E-state index in [4.69, 9.17) is 19.4 Å². The Balaban J connectivity index is 0.000000804. The Bertz CT molecular complexity index is 1780. The fourth-order valence-corrected chi connectivity index (χ4v) is 4.21. The number of rotatable bonds is 10. The van der Waals surface area contributed by atoms with Gasteiger partial charge in [-0.3, -0.25) is 9.20 Å². The summed E-state index contributed by atoms with van der Waals surface area (Å²) in [5, 5.41) is 12.8. The van der Waals surface area contributed by atoms with Crippen molar-refractivity contribution in [1.82, 2.24) is 20.0 Å². The minimum Gasteiger partial charge on any atom is -0.485 e. The van der Waals surface area contributed by atoms with Crippen molar-refractivity contribution in [1.29, 1.82) is 0 Å². The third-order valence-corrected chi connectivity index (χ3v) is 7.00. The van der Waals surface area contributed by atoms with E-state index in [0.717, 1.165) is 11.6 Å². The van der Waals surface area contributed by atoms with Crippen molar-refractivity contribution < 1.29 is 55.3 Å². The molecule has 2 aromatic carbocycles. The number of imidazole rings is 1. The van der Waals surface area contributed by atoms with Crippen LogP contribution in [0, 0.1) is 31.3 Å². The van der Waals surface area contributed by atoms with Gasteiger partial charge in [-0.2, -0.15) is 13.2 Å². The Hall–Kier alpha value is -5.28. The van der Waals surface area contributed by atoms with Gasteiger partial charge in [0, 0.05) is 12.7 Å². The van der Waals surface area contributed by atoms with Gasteiger partial charge >= 0.3 is 18.2 Å². The lowest BCUT2D eigenvalue weighted by Crippen LogP contribution is -2.53. The Morgan fingerprint density at radius 1 is 0.979 bits per heavy atom. The van der Waals surface area contributed by atoms with Crippen LogP contribution in [-0.4, -0.2) is 50.7 Å². The minimum absolute atomic E-state index is 0.0999. The van der Waals surface area contributed by atoms with E-state index < -0.39 is 59.3 Å². The quantitative estimate of drug-likeness (QED) is 0.130. The average Bonchev–Trinajstić information content (AvgIpc) is 3.36. The van der Waals surface area contributed by atoms with Crippen LogP contribution >= 0.6 is 0 Å². The first-order valence-corrected chi connectivity index (χ1v) is 14.3. The molecule has 2 aromatic heterocycles. The van der Waals surface area contributed by atoms with Crippen LogP contribution in [0.25, 0.3) is 5.65 Å². The molecule has 0 spiro atoms. The zero-order chi connectivity index (χ0) is 35.8. The van der Waals surface area contributed by atoms with Crippen molar-refractivity contribution in [2.75, 3.05) is 6.54 Å². The molecule has 0 radical (unpaired) electrons. The summed E-state index contributed by atoms with van der Waals surface area (Å²) in [6, 6.07) is 12.4. The smallest absolute Gasteiger partial charge is 0.485 e. The van der Waals surface area contributed by atoms with Gasteiger partial charge in [0.15, 0.2) is 23.0 Å². The fraction of sp³-hybridized carbons (Fsp3) is 0.312. The number of nitrogens with one attached hydrogen (secondary N) is 2. The summed E-state index contributed by atoms with van der Waals surface area (Å²) >= 11 is 0. The highest BCUT2D eigenvalue weighted by Gasteiger charge is 2.38. The van der Waals surface area contributed by atoms with E-state index in [9.17, 15) is 35.9 Å². The van der Waals surface area contributed by atoms with Crippen LogP contribution in [0.5, 0.6) is 5.75 Å². The predicted octanol–water partition coefficient (Wildman–Crippen LogP) is 6.41. The molecular formula is C32H32F6N4O6. The molecule has 4 rings (SSSR count). The molecule has 0 saturated carbocycles. The van der Waals surface area contributed by atoms with Crippen molar-refractivity contribution in [2.45, 2.75) is 59.0 Å². The topological polar surface area (TPSA) is 131 Å². The molecule has 1 atom stereocenters. The molecule has 0 aliphatic carbocycles. The summed E-state index contributed by atoms with van der Waals surface area (Å²) in [7, 11) is 0. The third-order valence-electron chi connectivity index (χ3n) is 7.00. The van der Waals surface area contributed by atoms with Gasteiger partial charge in [0.05, 0.1) is 16.8 Å². The van der Waals surface area contributed by atoms with Gasteiger partial charge in [-0.15, -0.1) is 0 Å². The van der Waals surface area contributed by atoms with Gasteiger partial charge in [0.2, 0.25) is 0 Å². The van der Waals surface area contributed by atoms with Crippen LogP contribution < -0.4 is 15.4 Å². The standard InChI is InChI=1S/C30H31F3N4O4.C2HF3O2/c1-5-30(4,36-29(39)41-15-20-9-7-6-8-10-20)17-34-28(38)26-19(3)35-27-24(13-18(2)14-37(26)27)40-16-21-22(31)11-12-23(32)25(21)33;3-2(4,5)1(6)7/h6-14H,5,15-17H2,1-4H3,(H,34,38)(H,36,39);(H,6,7). The van der Waals surface area contributed by atoms with E-state index >= 15 is 0 Å². The molecular weight excluding hydrogens is 650 g/mol. The van der Waals surface area contributed by atoms with Gasteiger partial charge in [-0.05, 0) is 56.5 Å². The maximum atomic E-state index is 14.1. The summed E-state index contributed by atoms with van der Waals surface area (Å²) < 4.78 is 86.1. The number of alkyl halides is 3. The average molecular weight is 683 g/mol. The monoisotopic (exact) mass is 682 g/mol. The fourth-order valence-electron chi connectivity index (χ4n) is 4.21. The molecule has 2 heterocycles. The van der Waals surface area contributed by atoms with Crippen LogP contribution in [0.15, 0.2) is 54.7 Å². The molecule has 0 aliphatic rings. The first kappa shape index (κ1) is 37.2. The molecule has 3 N–H and O–H groups in total. The zero-order valence-electron chi connectivity index (χ0n) is 26.2. The number of aromatic nitrogens is 2. The number of carboxylic acids is 1. The molecule has 4 aromatic rings. The van der Waals surface area contributed by atoms with E-state index in [0.29, 0.717) is 23.7 Å². The van der Waals surface area contributed by atoms with E-state index in [2.05, 4.69) is 15.6 Å². The van der Waals surface area contributed by atoms with Gasteiger partial charge in [-0.25, -0.2) is 27.7 Å². The number of aliphatic carboxylic acids is 1. The number of carbonyl (C=O) groups excluding carboxylic acids is 2.